The Kier molecular flexibility index (Phi) is 4.57. The van der Waals surface area contributed by atoms with Crippen molar-refractivity contribution in [2.24, 2.45) is 0 Å². The van der Waals surface area contributed by atoms with Gasteiger partial charge in [-0.2, -0.15) is 0 Å². The molecule has 1 aromatic heterocycles. The molecular weight excluding hydrogens is 306 g/mol. The summed E-state index contributed by atoms with van der Waals surface area (Å²) in [6, 6.07) is 18.8. The van der Waals surface area contributed by atoms with E-state index in [0.29, 0.717) is 17.1 Å². The summed E-state index contributed by atoms with van der Waals surface area (Å²) in [5.74, 6) is -0.138. The number of furan rings is 1. The van der Waals surface area contributed by atoms with Gasteiger partial charge < -0.3 is 20.4 Å². The average Bonchev–Trinajstić information content (AvgIpc) is 3.10. The van der Waals surface area contributed by atoms with Crippen LogP contribution in [0.4, 0.5) is 21.9 Å². The molecule has 0 saturated carbocycles. The maximum Gasteiger partial charge on any atom is 0.323 e. The van der Waals surface area contributed by atoms with Gasteiger partial charge in [-0.15, -0.1) is 0 Å². The van der Waals surface area contributed by atoms with Gasteiger partial charge in [-0.3, -0.25) is 4.79 Å². The minimum absolute atomic E-state index is 0.218. The minimum atomic E-state index is -0.365. The van der Waals surface area contributed by atoms with Crippen molar-refractivity contribution in [3.8, 4) is 0 Å². The lowest BCUT2D eigenvalue weighted by molar-refractivity contribution is 0.0996. The summed E-state index contributed by atoms with van der Waals surface area (Å²) in [4.78, 5) is 23.9. The summed E-state index contributed by atoms with van der Waals surface area (Å²) in [7, 11) is 0. The molecule has 3 N–H and O–H groups in total. The third kappa shape index (κ3) is 4.01. The summed E-state index contributed by atoms with van der Waals surface area (Å²) in [5, 5.41) is 8.14. The number of urea groups is 1. The largest absolute Gasteiger partial charge is 0.459 e. The van der Waals surface area contributed by atoms with Crippen molar-refractivity contribution in [2.45, 2.75) is 0 Å². The second-order valence-electron chi connectivity index (χ2n) is 4.96. The molecule has 3 amide bonds. The van der Waals surface area contributed by atoms with Crippen LogP contribution in [0, 0.1) is 0 Å². The fourth-order valence-electron chi connectivity index (χ4n) is 2.09. The number of hydrogen-bond acceptors (Lipinski definition) is 3. The topological polar surface area (TPSA) is 83.4 Å². The van der Waals surface area contributed by atoms with Gasteiger partial charge >= 0.3 is 6.03 Å². The van der Waals surface area contributed by atoms with E-state index in [1.54, 1.807) is 48.5 Å². The number of benzene rings is 2. The first-order valence-corrected chi connectivity index (χ1v) is 7.29. The highest BCUT2D eigenvalue weighted by molar-refractivity contribution is 6.03. The van der Waals surface area contributed by atoms with Crippen LogP contribution in [0.2, 0.25) is 0 Å². The van der Waals surface area contributed by atoms with Crippen LogP contribution >= 0.6 is 0 Å². The van der Waals surface area contributed by atoms with Gasteiger partial charge in [0.15, 0.2) is 5.76 Å². The molecule has 24 heavy (non-hydrogen) atoms. The van der Waals surface area contributed by atoms with Crippen molar-refractivity contribution < 1.29 is 14.0 Å². The third-order valence-corrected chi connectivity index (χ3v) is 3.15. The first-order chi connectivity index (χ1) is 11.7. The monoisotopic (exact) mass is 321 g/mol. The molecule has 120 valence electrons. The molecule has 0 fully saturated rings. The number of amides is 3. The van der Waals surface area contributed by atoms with Crippen LogP contribution in [-0.2, 0) is 0 Å². The Morgan fingerprint density at radius 3 is 2.08 bits per heavy atom. The predicted molar refractivity (Wildman–Crippen MR) is 92.2 cm³/mol. The van der Waals surface area contributed by atoms with E-state index in [2.05, 4.69) is 16.0 Å². The Bertz CT molecular complexity index is 830. The Morgan fingerprint density at radius 2 is 1.38 bits per heavy atom. The molecule has 2 aromatic carbocycles. The van der Waals surface area contributed by atoms with E-state index in [-0.39, 0.29) is 17.7 Å². The zero-order chi connectivity index (χ0) is 16.8. The van der Waals surface area contributed by atoms with Crippen LogP contribution in [0.3, 0.4) is 0 Å². The second-order valence-corrected chi connectivity index (χ2v) is 4.96. The van der Waals surface area contributed by atoms with Crippen LogP contribution in [0.25, 0.3) is 0 Å². The molecule has 0 radical (unpaired) electrons. The predicted octanol–water partition coefficient (Wildman–Crippen LogP) is 4.18. The lowest BCUT2D eigenvalue weighted by Crippen LogP contribution is -2.19. The summed E-state index contributed by atoms with van der Waals surface area (Å²) in [5.41, 5.74) is 1.80. The van der Waals surface area contributed by atoms with Gasteiger partial charge in [0.2, 0.25) is 0 Å². The van der Waals surface area contributed by atoms with Crippen molar-refractivity contribution in [2.75, 3.05) is 16.0 Å². The quantitative estimate of drug-likeness (QED) is 0.674. The first-order valence-electron chi connectivity index (χ1n) is 7.29. The molecule has 6 heteroatoms. The first kappa shape index (κ1) is 15.4. The zero-order valence-corrected chi connectivity index (χ0v) is 12.7. The molecule has 6 nitrogen and oxygen atoms in total. The fraction of sp³-hybridized carbons (Fsp3) is 0. The second kappa shape index (κ2) is 7.15. The molecule has 0 spiro atoms. The molecular formula is C18H15N3O3. The summed E-state index contributed by atoms with van der Waals surface area (Å²) < 4.78 is 5.04. The van der Waals surface area contributed by atoms with Gasteiger partial charge in [-0.25, -0.2) is 4.79 Å². The Labute approximate surface area is 138 Å². The summed E-state index contributed by atoms with van der Waals surface area (Å²) in [6.07, 6.45) is 1.43. The number of carbonyl (C=O) groups is 2. The molecule has 0 saturated heterocycles. The molecule has 0 atom stereocenters. The van der Waals surface area contributed by atoms with Crippen molar-refractivity contribution in [1.29, 1.82) is 0 Å². The van der Waals surface area contributed by atoms with Crippen LogP contribution in [0.5, 0.6) is 0 Å². The standard InChI is InChI=1S/C18H15N3O3/c22-17(16-10-5-11-24-16)19-14-8-4-9-15(12-14)21-18(23)20-13-6-2-1-3-7-13/h1-12H,(H,19,22)(H2,20,21,23). The molecule has 0 unspecified atom stereocenters. The summed E-state index contributed by atoms with van der Waals surface area (Å²) >= 11 is 0. The lowest BCUT2D eigenvalue weighted by atomic mass is 10.2. The number of nitrogens with one attached hydrogen (secondary N) is 3. The number of anilines is 3. The van der Waals surface area contributed by atoms with E-state index in [4.69, 9.17) is 4.42 Å². The molecule has 1 heterocycles. The number of para-hydroxylation sites is 1. The lowest BCUT2D eigenvalue weighted by Gasteiger charge is -2.09. The smallest absolute Gasteiger partial charge is 0.323 e. The van der Waals surface area contributed by atoms with Crippen LogP contribution in [-0.4, -0.2) is 11.9 Å². The van der Waals surface area contributed by atoms with Gasteiger partial charge in [0.25, 0.3) is 5.91 Å². The highest BCUT2D eigenvalue weighted by Crippen LogP contribution is 2.17. The highest BCUT2D eigenvalue weighted by atomic mass is 16.3. The number of carbonyl (C=O) groups excluding carboxylic acids is 2. The maximum absolute atomic E-state index is 12.0. The van der Waals surface area contributed by atoms with Gasteiger partial charge in [0.1, 0.15) is 0 Å². The SMILES string of the molecule is O=C(Nc1ccccc1)Nc1cccc(NC(=O)c2ccco2)c1. The normalized spacial score (nSPS) is 10.0. The van der Waals surface area contributed by atoms with Crippen LogP contribution < -0.4 is 16.0 Å². The maximum atomic E-state index is 12.0. The van der Waals surface area contributed by atoms with E-state index in [1.807, 2.05) is 18.2 Å². The Balaban J connectivity index is 1.62. The van der Waals surface area contributed by atoms with Gasteiger partial charge in [-0.05, 0) is 42.5 Å². The fourth-order valence-corrected chi connectivity index (χ4v) is 2.09. The van der Waals surface area contributed by atoms with Gasteiger partial charge in [0.05, 0.1) is 6.26 Å². The molecule has 0 aliphatic carbocycles. The molecule has 3 aromatic rings. The average molecular weight is 321 g/mol. The molecule has 0 aliphatic heterocycles. The molecule has 0 bridgehead atoms. The Hall–Kier alpha value is -3.54. The molecule has 3 rings (SSSR count). The van der Waals surface area contributed by atoms with Crippen LogP contribution in [0.1, 0.15) is 10.6 Å². The van der Waals surface area contributed by atoms with Crippen molar-refractivity contribution in [1.82, 2.24) is 0 Å². The van der Waals surface area contributed by atoms with Crippen molar-refractivity contribution in [3.63, 3.8) is 0 Å². The van der Waals surface area contributed by atoms with E-state index in [0.717, 1.165) is 0 Å². The minimum Gasteiger partial charge on any atom is -0.459 e. The van der Waals surface area contributed by atoms with Crippen molar-refractivity contribution in [3.05, 3.63) is 78.8 Å². The number of hydrogen-bond donors (Lipinski definition) is 3. The number of rotatable bonds is 4. The van der Waals surface area contributed by atoms with E-state index in [1.165, 1.54) is 6.26 Å². The summed E-state index contributed by atoms with van der Waals surface area (Å²) in [6.45, 7) is 0. The van der Waals surface area contributed by atoms with E-state index in [9.17, 15) is 9.59 Å². The Morgan fingerprint density at radius 1 is 0.708 bits per heavy atom. The third-order valence-electron chi connectivity index (χ3n) is 3.15. The zero-order valence-electron chi connectivity index (χ0n) is 12.7. The highest BCUT2D eigenvalue weighted by Gasteiger charge is 2.09. The van der Waals surface area contributed by atoms with Crippen LogP contribution in [0.15, 0.2) is 77.4 Å². The van der Waals surface area contributed by atoms with E-state index < -0.39 is 0 Å². The van der Waals surface area contributed by atoms with E-state index >= 15 is 0 Å². The van der Waals surface area contributed by atoms with Gasteiger partial charge in [0, 0.05) is 17.1 Å². The molecule has 0 aliphatic rings. The van der Waals surface area contributed by atoms with Gasteiger partial charge in [-0.1, -0.05) is 24.3 Å². The van der Waals surface area contributed by atoms with Crippen molar-refractivity contribution >= 4 is 29.0 Å².